The number of anilines is 2. The third-order valence-corrected chi connectivity index (χ3v) is 6.26. The molecule has 4 rings (SSSR count). The van der Waals surface area contributed by atoms with E-state index in [9.17, 15) is 9.59 Å². The van der Waals surface area contributed by atoms with Gasteiger partial charge in [0.25, 0.3) is 0 Å². The molecule has 0 aliphatic heterocycles. The summed E-state index contributed by atoms with van der Waals surface area (Å²) in [5.74, 6) is 0.522. The van der Waals surface area contributed by atoms with Crippen LogP contribution in [0.3, 0.4) is 0 Å². The lowest BCUT2D eigenvalue weighted by atomic mass is 10.0. The molecule has 6 nitrogen and oxygen atoms in total. The number of ether oxygens (including phenoxy) is 2. The average molecular weight is 533 g/mol. The summed E-state index contributed by atoms with van der Waals surface area (Å²) < 4.78 is 11.1. The summed E-state index contributed by atoms with van der Waals surface area (Å²) in [5, 5.41) is 5.74. The van der Waals surface area contributed by atoms with Crippen molar-refractivity contribution in [2.45, 2.75) is 13.8 Å². The first-order valence-electron chi connectivity index (χ1n) is 12.8. The molecule has 0 aliphatic rings. The van der Waals surface area contributed by atoms with Crippen molar-refractivity contribution in [3.8, 4) is 22.6 Å². The molecule has 0 aromatic heterocycles. The van der Waals surface area contributed by atoms with Gasteiger partial charge in [-0.25, -0.2) is 0 Å². The van der Waals surface area contributed by atoms with Gasteiger partial charge in [0, 0.05) is 12.2 Å². The molecule has 0 aliphatic carbocycles. The van der Waals surface area contributed by atoms with Crippen LogP contribution in [0.1, 0.15) is 22.3 Å². The first-order valence-corrected chi connectivity index (χ1v) is 12.8. The molecule has 2 amide bonds. The molecule has 0 bridgehead atoms. The highest BCUT2D eigenvalue weighted by Crippen LogP contribution is 2.35. The maximum atomic E-state index is 12.5. The molecule has 40 heavy (non-hydrogen) atoms. The average Bonchev–Trinajstić information content (AvgIpc) is 2.97. The molecule has 6 heteroatoms. The van der Waals surface area contributed by atoms with Gasteiger partial charge in [0.05, 0.1) is 25.6 Å². The minimum atomic E-state index is -0.259. The van der Waals surface area contributed by atoms with Crippen LogP contribution in [0, 0.1) is 13.8 Å². The summed E-state index contributed by atoms with van der Waals surface area (Å²) in [6, 6.07) is 26.9. The lowest BCUT2D eigenvalue weighted by Crippen LogP contribution is -2.09. The lowest BCUT2D eigenvalue weighted by Gasteiger charge is -2.14. The summed E-state index contributed by atoms with van der Waals surface area (Å²) >= 11 is 0. The number of benzene rings is 4. The van der Waals surface area contributed by atoms with Gasteiger partial charge in [-0.15, -0.1) is 0 Å². The third-order valence-electron chi connectivity index (χ3n) is 6.26. The third kappa shape index (κ3) is 7.48. The highest BCUT2D eigenvalue weighted by Gasteiger charge is 2.12. The number of nitrogens with one attached hydrogen (secondary N) is 2. The molecule has 4 aromatic rings. The molecule has 0 unspecified atom stereocenters. The summed E-state index contributed by atoms with van der Waals surface area (Å²) in [5.41, 5.74) is 7.05. The van der Waals surface area contributed by atoms with Gasteiger partial charge in [-0.1, -0.05) is 71.8 Å². The van der Waals surface area contributed by atoms with Crippen LogP contribution in [0.15, 0.2) is 97.1 Å². The van der Waals surface area contributed by atoms with Crippen LogP contribution in [-0.2, 0) is 9.59 Å². The van der Waals surface area contributed by atoms with Gasteiger partial charge in [0.15, 0.2) is 0 Å². The molecule has 0 saturated heterocycles. The zero-order valence-corrected chi connectivity index (χ0v) is 23.0. The molecule has 0 radical (unpaired) electrons. The van der Waals surface area contributed by atoms with E-state index in [0.29, 0.717) is 22.9 Å². The second-order valence-corrected chi connectivity index (χ2v) is 9.30. The lowest BCUT2D eigenvalue weighted by molar-refractivity contribution is -0.112. The first kappa shape index (κ1) is 27.9. The second-order valence-electron chi connectivity index (χ2n) is 9.30. The molecular weight excluding hydrogens is 500 g/mol. The molecule has 0 saturated carbocycles. The van der Waals surface area contributed by atoms with Gasteiger partial charge in [-0.3, -0.25) is 9.59 Å². The Kier molecular flexibility index (Phi) is 9.15. The molecule has 0 spiro atoms. The van der Waals surface area contributed by atoms with E-state index < -0.39 is 0 Å². The number of methoxy groups -OCH3 is 2. The predicted molar refractivity (Wildman–Crippen MR) is 163 cm³/mol. The summed E-state index contributed by atoms with van der Waals surface area (Å²) in [7, 11) is 3.11. The Morgan fingerprint density at radius 3 is 1.30 bits per heavy atom. The van der Waals surface area contributed by atoms with Gasteiger partial charge in [-0.2, -0.15) is 0 Å². The number of aryl methyl sites for hydroxylation is 2. The minimum absolute atomic E-state index is 0.259. The highest BCUT2D eigenvalue weighted by molar-refractivity contribution is 6.04. The highest BCUT2D eigenvalue weighted by atomic mass is 16.5. The first-order chi connectivity index (χ1) is 19.3. The maximum absolute atomic E-state index is 12.5. The van der Waals surface area contributed by atoms with Gasteiger partial charge in [0.1, 0.15) is 11.5 Å². The Balaban J connectivity index is 1.45. The van der Waals surface area contributed by atoms with Crippen LogP contribution < -0.4 is 20.1 Å². The monoisotopic (exact) mass is 532 g/mol. The van der Waals surface area contributed by atoms with E-state index in [1.807, 2.05) is 86.6 Å². The van der Waals surface area contributed by atoms with Crippen molar-refractivity contribution in [2.75, 3.05) is 24.9 Å². The van der Waals surface area contributed by atoms with Crippen LogP contribution in [-0.4, -0.2) is 26.0 Å². The summed E-state index contributed by atoms with van der Waals surface area (Å²) in [6.07, 6.45) is 6.51. The predicted octanol–water partition coefficient (Wildman–Crippen LogP) is 7.29. The van der Waals surface area contributed by atoms with E-state index in [4.69, 9.17) is 9.47 Å². The molecule has 2 N–H and O–H groups in total. The zero-order chi connectivity index (χ0) is 28.5. The Morgan fingerprint density at radius 1 is 0.575 bits per heavy atom. The number of rotatable bonds is 9. The SMILES string of the molecule is COc1cc(-c2ccc(NC(=O)C=Cc3ccc(C)cc3)c(OC)c2)ccc1NC(=O)C=Cc1ccc(C)cc1. The molecule has 0 atom stereocenters. The van der Waals surface area contributed by atoms with E-state index in [-0.39, 0.29) is 11.8 Å². The van der Waals surface area contributed by atoms with Crippen molar-refractivity contribution < 1.29 is 19.1 Å². The van der Waals surface area contributed by atoms with Crippen LogP contribution >= 0.6 is 0 Å². The number of hydrogen-bond donors (Lipinski definition) is 2. The summed E-state index contributed by atoms with van der Waals surface area (Å²) in [6.45, 7) is 4.04. The largest absolute Gasteiger partial charge is 0.495 e. The second kappa shape index (κ2) is 13.1. The standard InChI is InChI=1S/C34H32N2O4/c1-23-5-9-25(10-6-23)13-19-33(37)35-29-17-15-27(21-31(29)39-3)28-16-18-30(32(22-28)40-4)36-34(38)20-14-26-11-7-24(2)8-12-26/h5-22H,1-4H3,(H,35,37)(H,36,38). The Morgan fingerprint density at radius 2 is 0.950 bits per heavy atom. The fourth-order valence-electron chi connectivity index (χ4n) is 4.00. The van der Waals surface area contributed by atoms with Crippen molar-refractivity contribution in [3.05, 3.63) is 119 Å². The number of hydrogen-bond acceptors (Lipinski definition) is 4. The van der Waals surface area contributed by atoms with E-state index >= 15 is 0 Å². The van der Waals surface area contributed by atoms with E-state index in [0.717, 1.165) is 33.4 Å². The molecule has 0 heterocycles. The van der Waals surface area contributed by atoms with Gasteiger partial charge < -0.3 is 20.1 Å². The van der Waals surface area contributed by atoms with E-state index in [1.165, 1.54) is 12.2 Å². The molecule has 0 fully saturated rings. The summed E-state index contributed by atoms with van der Waals surface area (Å²) in [4.78, 5) is 25.0. The zero-order valence-electron chi connectivity index (χ0n) is 23.0. The maximum Gasteiger partial charge on any atom is 0.248 e. The van der Waals surface area contributed by atoms with E-state index in [2.05, 4.69) is 10.6 Å². The van der Waals surface area contributed by atoms with Crippen molar-refractivity contribution in [1.82, 2.24) is 0 Å². The number of amides is 2. The molecular formula is C34H32N2O4. The minimum Gasteiger partial charge on any atom is -0.495 e. The molecule has 202 valence electrons. The smallest absolute Gasteiger partial charge is 0.248 e. The Bertz CT molecular complexity index is 1430. The van der Waals surface area contributed by atoms with Crippen LogP contribution in [0.25, 0.3) is 23.3 Å². The van der Waals surface area contributed by atoms with Gasteiger partial charge in [-0.05, 0) is 72.5 Å². The fourth-order valence-corrected chi connectivity index (χ4v) is 4.00. The fraction of sp³-hybridized carbons (Fsp3) is 0.118. The van der Waals surface area contributed by atoms with Crippen molar-refractivity contribution >= 4 is 35.3 Å². The van der Waals surface area contributed by atoms with Crippen LogP contribution in [0.2, 0.25) is 0 Å². The quantitative estimate of drug-likeness (QED) is 0.222. The van der Waals surface area contributed by atoms with Gasteiger partial charge in [0.2, 0.25) is 11.8 Å². The Labute approximate surface area is 235 Å². The topological polar surface area (TPSA) is 76.7 Å². The number of carbonyl (C=O) groups excluding carboxylic acids is 2. The van der Waals surface area contributed by atoms with Crippen molar-refractivity contribution in [1.29, 1.82) is 0 Å². The van der Waals surface area contributed by atoms with Crippen molar-refractivity contribution in [3.63, 3.8) is 0 Å². The van der Waals surface area contributed by atoms with Crippen molar-refractivity contribution in [2.24, 2.45) is 0 Å². The van der Waals surface area contributed by atoms with Gasteiger partial charge >= 0.3 is 0 Å². The molecule has 4 aromatic carbocycles. The van der Waals surface area contributed by atoms with Crippen LogP contribution in [0.5, 0.6) is 11.5 Å². The Hall–Kier alpha value is -5.10. The number of carbonyl (C=O) groups is 2. The normalized spacial score (nSPS) is 11.0. The van der Waals surface area contributed by atoms with E-state index in [1.54, 1.807) is 38.5 Å². The van der Waals surface area contributed by atoms with Crippen LogP contribution in [0.4, 0.5) is 11.4 Å².